The van der Waals surface area contributed by atoms with Gasteiger partial charge in [0.05, 0.1) is 5.56 Å². The van der Waals surface area contributed by atoms with Crippen molar-refractivity contribution in [2.45, 2.75) is 26.3 Å². The largest absolute Gasteiger partial charge is 0.338 e. The third-order valence-electron chi connectivity index (χ3n) is 3.42. The number of likely N-dealkylation sites (tertiary alicyclic amines) is 1. The van der Waals surface area contributed by atoms with Crippen molar-refractivity contribution in [2.75, 3.05) is 13.1 Å². The molecule has 1 aliphatic heterocycles. The molecular weight excluding hydrogens is 214 g/mol. The fourth-order valence-corrected chi connectivity index (χ4v) is 2.13. The highest BCUT2D eigenvalue weighted by Gasteiger charge is 2.26. The van der Waals surface area contributed by atoms with Gasteiger partial charge < -0.3 is 10.6 Å². The standard InChI is InChI=1S/C13H19N3O/c1-9-8-16(6-5-12(9)14)13(17)11-4-3-10(2)15-7-11/h3-4,7,9,12H,5-6,8,14H2,1-2H3. The highest BCUT2D eigenvalue weighted by atomic mass is 16.2. The molecule has 0 aromatic carbocycles. The number of hydrogen-bond acceptors (Lipinski definition) is 3. The van der Waals surface area contributed by atoms with E-state index in [1.165, 1.54) is 0 Å². The molecule has 1 fully saturated rings. The van der Waals surface area contributed by atoms with Crippen LogP contribution in [0.5, 0.6) is 0 Å². The van der Waals surface area contributed by atoms with Crippen LogP contribution in [0.3, 0.4) is 0 Å². The van der Waals surface area contributed by atoms with Gasteiger partial charge in [-0.15, -0.1) is 0 Å². The van der Waals surface area contributed by atoms with Crippen molar-refractivity contribution in [1.29, 1.82) is 0 Å². The minimum absolute atomic E-state index is 0.0660. The summed E-state index contributed by atoms with van der Waals surface area (Å²) in [6, 6.07) is 3.92. The van der Waals surface area contributed by atoms with Gasteiger partial charge in [0.15, 0.2) is 0 Å². The van der Waals surface area contributed by atoms with Crippen molar-refractivity contribution < 1.29 is 4.79 Å². The van der Waals surface area contributed by atoms with Crippen molar-refractivity contribution in [1.82, 2.24) is 9.88 Å². The van der Waals surface area contributed by atoms with E-state index in [1.807, 2.05) is 24.0 Å². The van der Waals surface area contributed by atoms with Gasteiger partial charge >= 0.3 is 0 Å². The lowest BCUT2D eigenvalue weighted by molar-refractivity contribution is 0.0663. The Morgan fingerprint density at radius 3 is 2.88 bits per heavy atom. The summed E-state index contributed by atoms with van der Waals surface area (Å²) in [6.07, 6.45) is 2.53. The Labute approximate surface area is 102 Å². The number of nitrogens with zero attached hydrogens (tertiary/aromatic N) is 2. The Kier molecular flexibility index (Phi) is 3.43. The van der Waals surface area contributed by atoms with E-state index in [4.69, 9.17) is 5.73 Å². The Balaban J connectivity index is 2.08. The second kappa shape index (κ2) is 4.84. The van der Waals surface area contributed by atoms with Gasteiger partial charge in [-0.05, 0) is 31.4 Å². The molecule has 0 saturated carbocycles. The van der Waals surface area contributed by atoms with Crippen LogP contribution in [0.15, 0.2) is 18.3 Å². The number of amides is 1. The number of rotatable bonds is 1. The molecule has 0 bridgehead atoms. The zero-order valence-corrected chi connectivity index (χ0v) is 10.4. The van der Waals surface area contributed by atoms with E-state index in [0.717, 1.165) is 25.2 Å². The van der Waals surface area contributed by atoms with E-state index in [0.29, 0.717) is 11.5 Å². The van der Waals surface area contributed by atoms with Gasteiger partial charge in [0.25, 0.3) is 5.91 Å². The summed E-state index contributed by atoms with van der Waals surface area (Å²) >= 11 is 0. The van der Waals surface area contributed by atoms with E-state index >= 15 is 0 Å². The Morgan fingerprint density at radius 1 is 1.53 bits per heavy atom. The molecule has 4 nitrogen and oxygen atoms in total. The zero-order valence-electron chi connectivity index (χ0n) is 10.4. The van der Waals surface area contributed by atoms with Crippen LogP contribution in [0, 0.1) is 12.8 Å². The normalized spacial score (nSPS) is 24.8. The third kappa shape index (κ3) is 2.64. The molecule has 92 valence electrons. The number of aryl methyl sites for hydroxylation is 1. The van der Waals surface area contributed by atoms with Gasteiger partial charge in [0.1, 0.15) is 0 Å². The van der Waals surface area contributed by atoms with Crippen LogP contribution in [0.1, 0.15) is 29.4 Å². The first-order valence-corrected chi connectivity index (χ1v) is 6.05. The second-order valence-electron chi connectivity index (χ2n) is 4.87. The van der Waals surface area contributed by atoms with Crippen LogP contribution in [-0.4, -0.2) is 34.9 Å². The van der Waals surface area contributed by atoms with Crippen LogP contribution >= 0.6 is 0 Å². The fourth-order valence-electron chi connectivity index (χ4n) is 2.13. The van der Waals surface area contributed by atoms with E-state index in [9.17, 15) is 4.79 Å². The average Bonchev–Trinajstić information content (AvgIpc) is 2.33. The summed E-state index contributed by atoms with van der Waals surface area (Å²) in [6.45, 7) is 5.50. The monoisotopic (exact) mass is 233 g/mol. The second-order valence-corrected chi connectivity index (χ2v) is 4.87. The maximum absolute atomic E-state index is 12.2. The van der Waals surface area contributed by atoms with Crippen LogP contribution in [0.25, 0.3) is 0 Å². The van der Waals surface area contributed by atoms with E-state index in [2.05, 4.69) is 11.9 Å². The number of carbonyl (C=O) groups excluding carboxylic acids is 1. The minimum Gasteiger partial charge on any atom is -0.338 e. The molecule has 2 rings (SSSR count). The van der Waals surface area contributed by atoms with Crippen molar-refractivity contribution in [2.24, 2.45) is 11.7 Å². The zero-order chi connectivity index (χ0) is 12.4. The number of aromatic nitrogens is 1. The van der Waals surface area contributed by atoms with Gasteiger partial charge in [-0.1, -0.05) is 6.92 Å². The summed E-state index contributed by atoms with van der Waals surface area (Å²) in [5.74, 6) is 0.433. The molecule has 2 N–H and O–H groups in total. The third-order valence-corrected chi connectivity index (χ3v) is 3.42. The van der Waals surface area contributed by atoms with Gasteiger partial charge in [-0.3, -0.25) is 9.78 Å². The van der Waals surface area contributed by atoms with Gasteiger partial charge in [0, 0.05) is 31.0 Å². The average molecular weight is 233 g/mol. The molecule has 4 heteroatoms. The topological polar surface area (TPSA) is 59.2 Å². The SMILES string of the molecule is Cc1ccc(C(=O)N2CCC(N)C(C)C2)cn1. The Bertz CT molecular complexity index is 402. The molecule has 0 radical (unpaired) electrons. The summed E-state index contributed by atoms with van der Waals surface area (Å²) in [7, 11) is 0. The molecule has 1 aliphatic rings. The van der Waals surface area contributed by atoms with Crippen LogP contribution < -0.4 is 5.73 Å². The van der Waals surface area contributed by atoms with Crippen molar-refractivity contribution in [3.8, 4) is 0 Å². The molecule has 17 heavy (non-hydrogen) atoms. The quantitative estimate of drug-likeness (QED) is 0.793. The summed E-state index contributed by atoms with van der Waals surface area (Å²) in [4.78, 5) is 18.2. The summed E-state index contributed by atoms with van der Waals surface area (Å²) < 4.78 is 0. The molecule has 0 spiro atoms. The molecule has 1 aromatic heterocycles. The lowest BCUT2D eigenvalue weighted by atomic mass is 9.94. The number of carbonyl (C=O) groups is 1. The number of piperidine rings is 1. The summed E-state index contributed by atoms with van der Waals surface area (Å²) in [5.41, 5.74) is 7.54. The predicted molar refractivity (Wildman–Crippen MR) is 66.6 cm³/mol. The van der Waals surface area contributed by atoms with Gasteiger partial charge in [-0.2, -0.15) is 0 Å². The van der Waals surface area contributed by atoms with Crippen LogP contribution in [-0.2, 0) is 0 Å². The van der Waals surface area contributed by atoms with E-state index in [-0.39, 0.29) is 11.9 Å². The molecular formula is C13H19N3O. The highest BCUT2D eigenvalue weighted by Crippen LogP contribution is 2.17. The lowest BCUT2D eigenvalue weighted by Crippen LogP contribution is -2.48. The van der Waals surface area contributed by atoms with Gasteiger partial charge in [0.2, 0.25) is 0 Å². The lowest BCUT2D eigenvalue weighted by Gasteiger charge is -2.35. The molecule has 2 heterocycles. The molecule has 1 saturated heterocycles. The van der Waals surface area contributed by atoms with Gasteiger partial charge in [-0.25, -0.2) is 0 Å². The Hall–Kier alpha value is -1.42. The minimum atomic E-state index is 0.0660. The first-order valence-electron chi connectivity index (χ1n) is 6.05. The molecule has 1 aromatic rings. The molecule has 1 amide bonds. The first-order chi connectivity index (χ1) is 8.08. The van der Waals surface area contributed by atoms with Crippen LogP contribution in [0.4, 0.5) is 0 Å². The first kappa shape index (κ1) is 12.0. The van der Waals surface area contributed by atoms with E-state index < -0.39 is 0 Å². The van der Waals surface area contributed by atoms with Crippen LogP contribution in [0.2, 0.25) is 0 Å². The van der Waals surface area contributed by atoms with Crippen molar-refractivity contribution in [3.63, 3.8) is 0 Å². The predicted octanol–water partition coefficient (Wildman–Crippen LogP) is 1.20. The van der Waals surface area contributed by atoms with E-state index in [1.54, 1.807) is 6.20 Å². The fraction of sp³-hybridized carbons (Fsp3) is 0.538. The number of pyridine rings is 1. The maximum Gasteiger partial charge on any atom is 0.255 e. The molecule has 2 unspecified atom stereocenters. The molecule has 2 atom stereocenters. The Morgan fingerprint density at radius 2 is 2.29 bits per heavy atom. The summed E-state index contributed by atoms with van der Waals surface area (Å²) in [5, 5.41) is 0. The van der Waals surface area contributed by atoms with Crippen molar-refractivity contribution in [3.05, 3.63) is 29.6 Å². The maximum atomic E-state index is 12.2. The smallest absolute Gasteiger partial charge is 0.255 e. The number of nitrogens with two attached hydrogens (primary N) is 1. The highest BCUT2D eigenvalue weighted by molar-refractivity contribution is 5.94. The number of hydrogen-bond donors (Lipinski definition) is 1. The van der Waals surface area contributed by atoms with Crippen molar-refractivity contribution >= 4 is 5.91 Å². The molecule has 0 aliphatic carbocycles.